The van der Waals surface area contributed by atoms with Gasteiger partial charge < -0.3 is 14.0 Å². The number of fused-ring (bicyclic) bond motifs is 3. The summed E-state index contributed by atoms with van der Waals surface area (Å²) in [5, 5.41) is 1.16. The number of anilines is 1. The second kappa shape index (κ2) is 9.88. The Bertz CT molecular complexity index is 1540. The number of carbonyl (C=O) groups excluding carboxylic acids is 1. The van der Waals surface area contributed by atoms with Crippen molar-refractivity contribution < 1.29 is 14.3 Å². The Balaban J connectivity index is 1.44. The zero-order valence-corrected chi connectivity index (χ0v) is 21.6. The molecule has 5 aromatic rings. The van der Waals surface area contributed by atoms with Crippen molar-refractivity contribution >= 4 is 44.2 Å². The van der Waals surface area contributed by atoms with Gasteiger partial charge >= 0.3 is 0 Å². The van der Waals surface area contributed by atoms with Gasteiger partial charge in [-0.3, -0.25) is 9.69 Å². The number of imidazole rings is 1. The van der Waals surface area contributed by atoms with E-state index in [-0.39, 0.29) is 5.91 Å². The molecular formula is C28H23ClN4O3S. The van der Waals surface area contributed by atoms with Crippen LogP contribution in [0.3, 0.4) is 0 Å². The number of benzene rings is 3. The van der Waals surface area contributed by atoms with E-state index in [0.29, 0.717) is 39.5 Å². The highest BCUT2D eigenvalue weighted by Crippen LogP contribution is 2.46. The minimum Gasteiger partial charge on any atom is -0.494 e. The van der Waals surface area contributed by atoms with Crippen LogP contribution < -0.4 is 14.4 Å². The lowest BCUT2D eigenvalue weighted by molar-refractivity contribution is -0.119. The zero-order valence-electron chi connectivity index (χ0n) is 20.0. The molecule has 7 nitrogen and oxygen atoms in total. The number of aromatic nitrogens is 3. The summed E-state index contributed by atoms with van der Waals surface area (Å²) in [6.07, 6.45) is 6.16. The Morgan fingerprint density at radius 3 is 2.51 bits per heavy atom. The number of hydrogen-bond donors (Lipinski definition) is 0. The van der Waals surface area contributed by atoms with Crippen LogP contribution in [0.25, 0.3) is 10.2 Å². The highest BCUT2D eigenvalue weighted by atomic mass is 35.5. The fraction of sp³-hybridized carbons (Fsp3) is 0.179. The molecule has 0 saturated carbocycles. The molecule has 3 aromatic carbocycles. The van der Waals surface area contributed by atoms with Gasteiger partial charge in [0.2, 0.25) is 5.91 Å². The molecule has 1 aliphatic heterocycles. The van der Waals surface area contributed by atoms with Crippen LogP contribution in [0.5, 0.6) is 17.2 Å². The molecule has 1 aliphatic rings. The lowest BCUT2D eigenvalue weighted by Crippen LogP contribution is -2.37. The van der Waals surface area contributed by atoms with E-state index in [2.05, 4.69) is 4.98 Å². The summed E-state index contributed by atoms with van der Waals surface area (Å²) in [5.74, 6) is 1.40. The first-order chi connectivity index (χ1) is 18.1. The van der Waals surface area contributed by atoms with Gasteiger partial charge in [-0.15, -0.1) is 0 Å². The van der Waals surface area contributed by atoms with E-state index >= 15 is 0 Å². The largest absolute Gasteiger partial charge is 0.494 e. The quantitative estimate of drug-likeness (QED) is 0.240. The summed E-state index contributed by atoms with van der Waals surface area (Å²) in [4.78, 5) is 25.2. The van der Waals surface area contributed by atoms with E-state index in [1.807, 2.05) is 59.3 Å². The van der Waals surface area contributed by atoms with Gasteiger partial charge in [0.15, 0.2) is 5.13 Å². The van der Waals surface area contributed by atoms with Crippen LogP contribution in [0.2, 0.25) is 5.02 Å². The van der Waals surface area contributed by atoms with Crippen LogP contribution >= 0.6 is 22.9 Å². The van der Waals surface area contributed by atoms with Crippen LogP contribution in [0.1, 0.15) is 23.5 Å². The number of para-hydroxylation sites is 2. The van der Waals surface area contributed by atoms with E-state index < -0.39 is 5.92 Å². The SMILES string of the molecule is COc1ccc(Cl)c2sc(N(CCCn3ccnc3)C(=O)C3c4ccccc4Oc4ccccc43)nc12. The number of aryl methyl sites for hydroxylation is 1. The molecule has 0 fully saturated rings. The molecular weight excluding hydrogens is 508 g/mol. The van der Waals surface area contributed by atoms with Crippen LogP contribution in [-0.2, 0) is 11.3 Å². The number of thiazole rings is 1. The fourth-order valence-electron chi connectivity index (χ4n) is 4.68. The summed E-state index contributed by atoms with van der Waals surface area (Å²) in [6.45, 7) is 1.19. The van der Waals surface area contributed by atoms with E-state index in [1.165, 1.54) is 11.3 Å². The van der Waals surface area contributed by atoms with Gasteiger partial charge in [-0.1, -0.05) is 59.3 Å². The van der Waals surface area contributed by atoms with E-state index in [4.69, 9.17) is 26.1 Å². The third-order valence-electron chi connectivity index (χ3n) is 6.45. The lowest BCUT2D eigenvalue weighted by atomic mass is 9.87. The third kappa shape index (κ3) is 4.32. The van der Waals surface area contributed by atoms with Gasteiger partial charge in [0.05, 0.1) is 29.1 Å². The highest BCUT2D eigenvalue weighted by Gasteiger charge is 2.36. The lowest BCUT2D eigenvalue weighted by Gasteiger charge is -2.31. The van der Waals surface area contributed by atoms with E-state index in [1.54, 1.807) is 36.7 Å². The van der Waals surface area contributed by atoms with Gasteiger partial charge in [-0.2, -0.15) is 0 Å². The minimum atomic E-state index is -0.529. The van der Waals surface area contributed by atoms with Crippen molar-refractivity contribution in [3.63, 3.8) is 0 Å². The zero-order chi connectivity index (χ0) is 25.4. The normalized spacial score (nSPS) is 12.6. The van der Waals surface area contributed by atoms with Crippen molar-refractivity contribution in [2.24, 2.45) is 0 Å². The summed E-state index contributed by atoms with van der Waals surface area (Å²) in [5.41, 5.74) is 2.32. The van der Waals surface area contributed by atoms with Crippen molar-refractivity contribution in [3.8, 4) is 17.2 Å². The van der Waals surface area contributed by atoms with Crippen molar-refractivity contribution in [2.75, 3.05) is 18.6 Å². The first-order valence-corrected chi connectivity index (χ1v) is 13.1. The maximum Gasteiger partial charge on any atom is 0.241 e. The van der Waals surface area contributed by atoms with Crippen molar-refractivity contribution in [2.45, 2.75) is 18.9 Å². The third-order valence-corrected chi connectivity index (χ3v) is 7.99. The molecule has 0 atom stereocenters. The van der Waals surface area contributed by atoms with Gasteiger partial charge in [0, 0.05) is 36.6 Å². The average molecular weight is 531 g/mol. The number of hydrogen-bond acceptors (Lipinski definition) is 6. The molecule has 2 aromatic heterocycles. The molecule has 9 heteroatoms. The van der Waals surface area contributed by atoms with Crippen molar-refractivity contribution in [3.05, 3.63) is 95.5 Å². The molecule has 0 unspecified atom stereocenters. The van der Waals surface area contributed by atoms with Gasteiger partial charge in [0.1, 0.15) is 22.8 Å². The Morgan fingerprint density at radius 1 is 1.11 bits per heavy atom. The predicted molar refractivity (Wildman–Crippen MR) is 145 cm³/mol. The molecule has 0 spiro atoms. The number of carbonyl (C=O) groups is 1. The average Bonchev–Trinajstić information content (AvgIpc) is 3.61. The highest BCUT2D eigenvalue weighted by molar-refractivity contribution is 7.23. The fourth-order valence-corrected chi connectivity index (χ4v) is 5.97. The number of nitrogens with zero attached hydrogens (tertiary/aromatic N) is 4. The Hall–Kier alpha value is -3.88. The van der Waals surface area contributed by atoms with E-state index in [0.717, 1.165) is 28.8 Å². The van der Waals surface area contributed by atoms with Gasteiger partial charge in [0.25, 0.3) is 0 Å². The molecule has 0 radical (unpaired) electrons. The van der Waals surface area contributed by atoms with Crippen molar-refractivity contribution in [1.82, 2.24) is 14.5 Å². The van der Waals surface area contributed by atoms with E-state index in [9.17, 15) is 4.79 Å². The smallest absolute Gasteiger partial charge is 0.241 e. The topological polar surface area (TPSA) is 69.5 Å². The van der Waals surface area contributed by atoms with Crippen LogP contribution in [-0.4, -0.2) is 34.1 Å². The molecule has 6 rings (SSSR count). The van der Waals surface area contributed by atoms with Gasteiger partial charge in [-0.05, 0) is 30.7 Å². The maximum absolute atomic E-state index is 14.5. The Kier molecular flexibility index (Phi) is 6.28. The number of methoxy groups -OCH3 is 1. The maximum atomic E-state index is 14.5. The summed E-state index contributed by atoms with van der Waals surface area (Å²) in [7, 11) is 1.60. The van der Waals surface area contributed by atoms with Gasteiger partial charge in [-0.25, -0.2) is 9.97 Å². The number of amides is 1. The number of ether oxygens (including phenoxy) is 2. The molecule has 3 heterocycles. The molecule has 0 bridgehead atoms. The molecule has 37 heavy (non-hydrogen) atoms. The first kappa shape index (κ1) is 23.5. The number of halogens is 1. The Labute approximate surface area is 222 Å². The van der Waals surface area contributed by atoms with Crippen LogP contribution in [0.15, 0.2) is 79.4 Å². The monoisotopic (exact) mass is 530 g/mol. The number of rotatable bonds is 7. The second-order valence-corrected chi connectivity index (χ2v) is 10.1. The summed E-state index contributed by atoms with van der Waals surface area (Å²) < 4.78 is 14.5. The first-order valence-electron chi connectivity index (χ1n) is 11.9. The van der Waals surface area contributed by atoms with Crippen LogP contribution in [0, 0.1) is 0 Å². The van der Waals surface area contributed by atoms with Crippen molar-refractivity contribution in [1.29, 1.82) is 0 Å². The molecule has 0 N–H and O–H groups in total. The molecule has 0 aliphatic carbocycles. The molecule has 1 amide bonds. The summed E-state index contributed by atoms with van der Waals surface area (Å²) in [6, 6.07) is 19.0. The molecule has 186 valence electrons. The Morgan fingerprint density at radius 2 is 1.84 bits per heavy atom. The standard InChI is InChI=1S/C28H23ClN4O3S/c1-35-23-12-11-20(29)26-25(23)31-28(37-26)33(15-6-14-32-16-13-30-17-32)27(34)24-18-7-2-4-9-21(18)36-22-10-5-3-8-19(22)24/h2-5,7-13,16-17,24H,6,14-15H2,1H3. The second-order valence-electron chi connectivity index (χ2n) is 8.68. The summed E-state index contributed by atoms with van der Waals surface area (Å²) >= 11 is 7.92. The minimum absolute atomic E-state index is 0.0667. The molecule has 0 saturated heterocycles. The van der Waals surface area contributed by atoms with Crippen LogP contribution in [0.4, 0.5) is 5.13 Å². The predicted octanol–water partition coefficient (Wildman–Crippen LogP) is 6.52.